The first-order valence-corrected chi connectivity index (χ1v) is 27.1. The van der Waals surface area contributed by atoms with Crippen LogP contribution in [0.5, 0.6) is 0 Å². The monoisotopic (exact) mass is 1040 g/mol. The SMILES string of the molecule is CNC(=O)N1CCC(NC2CCN(C(=O)CCCC(=O)NC(C(=O)N3CCCC3C(=O)NCc3ccc(-c4scnc4C)cc3)C(C)(C)C)CC2)C(C([NH-])N2CCCc3cc(-c4cnn(C)c4)c(C(F)F)cc32)C1. The second-order valence-corrected chi connectivity index (χ2v) is 22.3. The molecule has 0 aliphatic carbocycles. The number of anilines is 1. The Bertz CT molecular complexity index is 2630. The van der Waals surface area contributed by atoms with E-state index in [0.717, 1.165) is 33.7 Å². The van der Waals surface area contributed by atoms with Gasteiger partial charge < -0.3 is 46.6 Å². The number of nitrogens with zero attached hydrogens (tertiary/aromatic N) is 7. The van der Waals surface area contributed by atoms with Gasteiger partial charge in [0.2, 0.25) is 23.6 Å². The lowest BCUT2D eigenvalue weighted by molar-refractivity contribution is -0.144. The third-order valence-electron chi connectivity index (χ3n) is 15.3. The molecule has 0 spiro atoms. The molecule has 3 fully saturated rings. The van der Waals surface area contributed by atoms with Gasteiger partial charge in [-0.2, -0.15) is 5.10 Å². The van der Waals surface area contributed by atoms with Gasteiger partial charge in [0.05, 0.1) is 22.3 Å². The van der Waals surface area contributed by atoms with Crippen LogP contribution in [-0.2, 0) is 39.2 Å². The van der Waals surface area contributed by atoms with Crippen molar-refractivity contribution in [1.29, 1.82) is 0 Å². The van der Waals surface area contributed by atoms with Gasteiger partial charge in [-0.3, -0.25) is 23.9 Å². The molecule has 400 valence electrons. The first kappa shape index (κ1) is 54.3. The van der Waals surface area contributed by atoms with E-state index in [0.29, 0.717) is 108 Å². The summed E-state index contributed by atoms with van der Waals surface area (Å²) >= 11 is 1.59. The van der Waals surface area contributed by atoms with Gasteiger partial charge in [0.25, 0.3) is 6.43 Å². The number of thiazole rings is 1. The number of likely N-dealkylation sites (tertiary alicyclic amines) is 3. The number of benzene rings is 2. The zero-order valence-corrected chi connectivity index (χ0v) is 44.4. The Balaban J connectivity index is 0.816. The molecular weight excluding hydrogens is 967 g/mol. The van der Waals surface area contributed by atoms with Crippen molar-refractivity contribution in [1.82, 2.24) is 50.7 Å². The molecule has 2 aromatic heterocycles. The van der Waals surface area contributed by atoms with Crippen LogP contribution >= 0.6 is 11.3 Å². The third-order valence-corrected chi connectivity index (χ3v) is 16.3. The van der Waals surface area contributed by atoms with Crippen molar-refractivity contribution in [2.45, 2.75) is 135 Å². The number of carbonyl (C=O) groups is 5. The van der Waals surface area contributed by atoms with Gasteiger partial charge in [-0.05, 0) is 104 Å². The Morgan fingerprint density at radius 2 is 1.66 bits per heavy atom. The largest absolute Gasteiger partial charge is 0.657 e. The zero-order chi connectivity index (χ0) is 52.8. The average molecular weight is 1040 g/mol. The molecule has 5 atom stereocenters. The second kappa shape index (κ2) is 23.7. The summed E-state index contributed by atoms with van der Waals surface area (Å²) in [6.07, 6.45) is 4.97. The maximum absolute atomic E-state index is 14.7. The number of carbonyl (C=O) groups excluding carboxylic acids is 5. The van der Waals surface area contributed by atoms with Crippen molar-refractivity contribution in [3.63, 3.8) is 0 Å². The smallest absolute Gasteiger partial charge is 0.317 e. The maximum Gasteiger partial charge on any atom is 0.317 e. The quantitative estimate of drug-likeness (QED) is 0.0896. The van der Waals surface area contributed by atoms with Crippen molar-refractivity contribution >= 4 is 46.7 Å². The Labute approximate surface area is 437 Å². The summed E-state index contributed by atoms with van der Waals surface area (Å²) in [6.45, 7) is 10.8. The fourth-order valence-electron chi connectivity index (χ4n) is 11.2. The Kier molecular flexibility index (Phi) is 17.4. The number of rotatable bonds is 16. The number of hydrogen-bond donors (Lipinski definition) is 4. The molecule has 20 heteroatoms. The van der Waals surface area contributed by atoms with Gasteiger partial charge in [0.1, 0.15) is 12.1 Å². The molecule has 8 rings (SSSR count). The number of aromatic nitrogens is 3. The Hall–Kier alpha value is -5.99. The number of fused-ring (bicyclic) bond motifs is 1. The normalized spacial score (nSPS) is 20.3. The molecule has 2 aromatic carbocycles. The molecular formula is C54H73F2N12O5S-. The molecule has 4 aliphatic heterocycles. The molecule has 4 aliphatic rings. The van der Waals surface area contributed by atoms with Crippen molar-refractivity contribution in [2.24, 2.45) is 18.4 Å². The molecule has 3 saturated heterocycles. The van der Waals surface area contributed by atoms with Gasteiger partial charge in [-0.15, -0.1) is 11.3 Å². The first-order valence-electron chi connectivity index (χ1n) is 26.2. The van der Waals surface area contributed by atoms with Gasteiger partial charge >= 0.3 is 6.03 Å². The van der Waals surface area contributed by atoms with Crippen LogP contribution in [-0.4, -0.2) is 136 Å². The highest BCUT2D eigenvalue weighted by molar-refractivity contribution is 7.13. The lowest BCUT2D eigenvalue weighted by Crippen LogP contribution is -2.61. The summed E-state index contributed by atoms with van der Waals surface area (Å²) < 4.78 is 31.0. The molecule has 74 heavy (non-hydrogen) atoms. The molecule has 4 aromatic rings. The second-order valence-electron chi connectivity index (χ2n) is 21.5. The maximum atomic E-state index is 14.7. The highest BCUT2D eigenvalue weighted by Gasteiger charge is 2.42. The average Bonchev–Trinajstić information content (AvgIpc) is 4.18. The van der Waals surface area contributed by atoms with E-state index >= 15 is 0 Å². The van der Waals surface area contributed by atoms with E-state index in [-0.39, 0.29) is 66.1 Å². The molecule has 17 nitrogen and oxygen atoms in total. The first-order chi connectivity index (χ1) is 35.4. The van der Waals surface area contributed by atoms with Gasteiger partial charge in [-0.1, -0.05) is 51.2 Å². The van der Waals surface area contributed by atoms with Gasteiger partial charge in [-0.25, -0.2) is 18.6 Å². The lowest BCUT2D eigenvalue weighted by atomic mass is 9.85. The summed E-state index contributed by atoms with van der Waals surface area (Å²) in [7, 11) is 3.34. The van der Waals surface area contributed by atoms with Crippen molar-refractivity contribution in [3.05, 3.63) is 82.4 Å². The minimum atomic E-state index is -2.73. The van der Waals surface area contributed by atoms with Crippen LogP contribution in [0.4, 0.5) is 19.3 Å². The number of aryl methyl sites for hydroxylation is 3. The van der Waals surface area contributed by atoms with Crippen molar-refractivity contribution < 1.29 is 32.8 Å². The van der Waals surface area contributed by atoms with Crippen LogP contribution in [0.1, 0.15) is 107 Å². The van der Waals surface area contributed by atoms with Crippen LogP contribution in [0.25, 0.3) is 27.3 Å². The number of urea groups is 1. The number of piperidine rings is 2. The number of nitrogens with one attached hydrogen (secondary N) is 5. The van der Waals surface area contributed by atoms with E-state index in [9.17, 15) is 38.5 Å². The van der Waals surface area contributed by atoms with E-state index in [4.69, 9.17) is 0 Å². The summed E-state index contributed by atoms with van der Waals surface area (Å²) in [5.74, 6) is -1.23. The molecule has 5 unspecified atom stereocenters. The lowest BCUT2D eigenvalue weighted by Gasteiger charge is -2.52. The molecule has 0 radical (unpaired) electrons. The summed E-state index contributed by atoms with van der Waals surface area (Å²) in [5.41, 5.74) is 16.4. The van der Waals surface area contributed by atoms with Crippen LogP contribution in [0, 0.1) is 18.3 Å². The topological polar surface area (TPSA) is 201 Å². The zero-order valence-electron chi connectivity index (χ0n) is 43.6. The predicted octanol–water partition coefficient (Wildman–Crippen LogP) is 7.21. The summed E-state index contributed by atoms with van der Waals surface area (Å²) in [6, 6.07) is 9.58. The number of alkyl halides is 2. The third kappa shape index (κ3) is 12.6. The van der Waals surface area contributed by atoms with Gasteiger partial charge in [0, 0.05) is 108 Å². The highest BCUT2D eigenvalue weighted by atomic mass is 32.1. The molecule has 6 amide bonds. The Morgan fingerprint density at radius 1 is 0.919 bits per heavy atom. The number of amides is 6. The minimum absolute atomic E-state index is 0.0435. The van der Waals surface area contributed by atoms with E-state index in [1.807, 2.05) is 73.3 Å². The summed E-state index contributed by atoms with van der Waals surface area (Å²) in [5, 5.41) is 16.7. The van der Waals surface area contributed by atoms with Crippen molar-refractivity contribution in [2.75, 3.05) is 51.2 Å². The van der Waals surface area contributed by atoms with E-state index in [2.05, 4.69) is 31.3 Å². The van der Waals surface area contributed by atoms with E-state index in [1.54, 1.807) is 58.4 Å². The van der Waals surface area contributed by atoms with Crippen molar-refractivity contribution in [3.8, 4) is 21.6 Å². The fourth-order valence-corrected chi connectivity index (χ4v) is 12.0. The molecule has 0 saturated carbocycles. The summed E-state index contributed by atoms with van der Waals surface area (Å²) in [4.78, 5) is 80.1. The Morgan fingerprint density at radius 3 is 2.32 bits per heavy atom. The minimum Gasteiger partial charge on any atom is -0.657 e. The fraction of sp³-hybridized carbons (Fsp3) is 0.574. The number of halogens is 2. The van der Waals surface area contributed by atoms with Crippen LogP contribution in [0.15, 0.2) is 54.3 Å². The molecule has 0 bridgehead atoms. The van der Waals surface area contributed by atoms with E-state index in [1.165, 1.54) is 0 Å². The standard InChI is InChI=1S/C54H73F2N12O5S/c1-33-47(74-32-60-33)35-16-14-34(15-17-35)28-59-51(71)43-11-9-22-68(43)52(72)48(54(2,3)4)63-45(69)12-7-13-46(70)65-23-18-38(19-24-65)62-42-20-25-66(53(73)58-5)31-41(42)50(57)67-21-8-10-36-26-39(37-29-61-64(6)30-37)40(49(55)56)27-44(36)67/h14-17,26-27,29-30,32,38,41-43,48-50,57,62H,7-13,18-25,28,31H2,1-6H3,(H,58,73)(H,59,71)(H,63,69)/q-1. The molecule has 5 N–H and O–H groups in total. The van der Waals surface area contributed by atoms with E-state index < -0.39 is 30.1 Å². The number of hydrogen-bond acceptors (Lipinski definition) is 10. The van der Waals surface area contributed by atoms with Crippen LogP contribution < -0.4 is 26.2 Å². The molecule has 6 heterocycles. The predicted molar refractivity (Wildman–Crippen MR) is 282 cm³/mol. The highest BCUT2D eigenvalue weighted by Crippen LogP contribution is 2.41. The van der Waals surface area contributed by atoms with Gasteiger partial charge in [0.15, 0.2) is 0 Å². The van der Waals surface area contributed by atoms with Crippen LogP contribution in [0.2, 0.25) is 0 Å². The van der Waals surface area contributed by atoms with Crippen LogP contribution in [0.3, 0.4) is 0 Å².